The molecule has 152 valence electrons. The van der Waals surface area contributed by atoms with Crippen LogP contribution < -0.4 is 10.1 Å². The van der Waals surface area contributed by atoms with Crippen LogP contribution in [0.1, 0.15) is 37.4 Å². The zero-order valence-electron chi connectivity index (χ0n) is 15.8. The van der Waals surface area contributed by atoms with Crippen molar-refractivity contribution in [2.24, 2.45) is 0 Å². The van der Waals surface area contributed by atoms with Crippen LogP contribution >= 0.6 is 0 Å². The van der Waals surface area contributed by atoms with E-state index in [1.807, 2.05) is 18.2 Å². The van der Waals surface area contributed by atoms with Crippen LogP contribution in [-0.4, -0.2) is 21.8 Å². The highest BCUT2D eigenvalue weighted by Crippen LogP contribution is 2.33. The second-order valence-corrected chi connectivity index (χ2v) is 7.03. The molecule has 29 heavy (non-hydrogen) atoms. The van der Waals surface area contributed by atoms with Crippen molar-refractivity contribution in [3.63, 3.8) is 0 Å². The fourth-order valence-electron chi connectivity index (χ4n) is 3.04. The van der Waals surface area contributed by atoms with Gasteiger partial charge >= 0.3 is 6.18 Å². The molecule has 1 amide bonds. The maximum Gasteiger partial charge on any atom is 0.416 e. The first-order valence-electron chi connectivity index (χ1n) is 9.48. The van der Waals surface area contributed by atoms with E-state index >= 15 is 0 Å². The molecule has 1 aliphatic carbocycles. The molecule has 8 heteroatoms. The minimum Gasteiger partial charge on any atom is -0.490 e. The molecule has 0 radical (unpaired) electrons. The average Bonchev–Trinajstić information content (AvgIpc) is 3.44. The minimum atomic E-state index is -4.40. The number of amides is 1. The van der Waals surface area contributed by atoms with Gasteiger partial charge in [-0.25, -0.2) is 4.68 Å². The fourth-order valence-corrected chi connectivity index (χ4v) is 3.04. The number of hydrogen-bond acceptors (Lipinski definition) is 3. The number of nitrogens with one attached hydrogen (secondary N) is 1. The van der Waals surface area contributed by atoms with Gasteiger partial charge in [0, 0.05) is 17.9 Å². The van der Waals surface area contributed by atoms with Gasteiger partial charge in [0.15, 0.2) is 0 Å². The predicted octanol–water partition coefficient (Wildman–Crippen LogP) is 4.61. The molecular weight excluding hydrogens is 383 g/mol. The first-order valence-corrected chi connectivity index (χ1v) is 9.48. The van der Waals surface area contributed by atoms with Gasteiger partial charge in [-0.1, -0.05) is 6.92 Å². The van der Waals surface area contributed by atoms with Crippen molar-refractivity contribution >= 4 is 16.8 Å². The number of nitrogens with zero attached hydrogens (tertiary/aromatic N) is 2. The van der Waals surface area contributed by atoms with E-state index in [1.165, 1.54) is 12.1 Å². The Morgan fingerprint density at radius 3 is 2.55 bits per heavy atom. The molecule has 3 aromatic rings. The number of alkyl halides is 3. The fraction of sp³-hybridized carbons (Fsp3) is 0.333. The van der Waals surface area contributed by atoms with Crippen LogP contribution in [0.3, 0.4) is 0 Å². The second kappa shape index (κ2) is 7.42. The number of rotatable bonds is 6. The summed E-state index contributed by atoms with van der Waals surface area (Å²) in [5.74, 6) is 0.591. The molecule has 2 aromatic carbocycles. The first kappa shape index (κ1) is 19.3. The highest BCUT2D eigenvalue weighted by molar-refractivity contribution is 5.85. The molecule has 0 unspecified atom stereocenters. The molecule has 0 saturated heterocycles. The Labute approximate surface area is 165 Å². The summed E-state index contributed by atoms with van der Waals surface area (Å²) in [7, 11) is 0. The standard InChI is InChI=1S/C21H20F3N3O2/c1-2-20(28)25-12-18-17-10-9-16(29-15-7-8-15)11-19(17)27(26-18)14-5-3-13(4-6-14)21(22,23)24/h3-6,9-11,15H,2,7-8,12H2,1H3,(H,25,28). The molecule has 0 aliphatic heterocycles. The Balaban J connectivity index is 1.74. The van der Waals surface area contributed by atoms with E-state index in [4.69, 9.17) is 4.74 Å². The van der Waals surface area contributed by atoms with Crippen molar-refractivity contribution in [2.45, 2.75) is 45.0 Å². The van der Waals surface area contributed by atoms with Crippen molar-refractivity contribution in [1.29, 1.82) is 0 Å². The monoisotopic (exact) mass is 403 g/mol. The van der Waals surface area contributed by atoms with Crippen LogP contribution in [0.2, 0.25) is 0 Å². The average molecular weight is 403 g/mol. The third kappa shape index (κ3) is 4.21. The van der Waals surface area contributed by atoms with Gasteiger partial charge in [-0.2, -0.15) is 18.3 Å². The third-order valence-electron chi connectivity index (χ3n) is 4.77. The minimum absolute atomic E-state index is 0.101. The quantitative estimate of drug-likeness (QED) is 0.654. The van der Waals surface area contributed by atoms with Crippen LogP contribution in [0.25, 0.3) is 16.6 Å². The lowest BCUT2D eigenvalue weighted by Gasteiger charge is -2.09. The van der Waals surface area contributed by atoms with E-state index in [-0.39, 0.29) is 18.6 Å². The zero-order valence-corrected chi connectivity index (χ0v) is 15.8. The summed E-state index contributed by atoms with van der Waals surface area (Å²) in [6, 6.07) is 10.4. The highest BCUT2D eigenvalue weighted by Gasteiger charge is 2.30. The van der Waals surface area contributed by atoms with Gasteiger partial charge < -0.3 is 10.1 Å². The topological polar surface area (TPSA) is 56.2 Å². The van der Waals surface area contributed by atoms with Crippen LogP contribution in [0.4, 0.5) is 13.2 Å². The van der Waals surface area contributed by atoms with E-state index < -0.39 is 11.7 Å². The molecule has 1 heterocycles. The molecule has 4 rings (SSSR count). The van der Waals surface area contributed by atoms with Crippen molar-refractivity contribution in [3.05, 3.63) is 53.7 Å². The first-order chi connectivity index (χ1) is 13.8. The molecule has 5 nitrogen and oxygen atoms in total. The van der Waals surface area contributed by atoms with Gasteiger partial charge in [0.2, 0.25) is 5.91 Å². The summed E-state index contributed by atoms with van der Waals surface area (Å²) < 4.78 is 46.1. The Bertz CT molecular complexity index is 1040. The summed E-state index contributed by atoms with van der Waals surface area (Å²) in [4.78, 5) is 11.6. The number of hydrogen-bond donors (Lipinski definition) is 1. The lowest BCUT2D eigenvalue weighted by atomic mass is 10.1. The third-order valence-corrected chi connectivity index (χ3v) is 4.77. The lowest BCUT2D eigenvalue weighted by molar-refractivity contribution is -0.137. The summed E-state index contributed by atoms with van der Waals surface area (Å²) in [5.41, 5.74) is 1.13. The van der Waals surface area contributed by atoms with Crippen LogP contribution in [-0.2, 0) is 17.5 Å². The number of benzene rings is 2. The summed E-state index contributed by atoms with van der Waals surface area (Å²) in [5, 5.41) is 8.16. The Kier molecular flexibility index (Phi) is 4.94. The van der Waals surface area contributed by atoms with Crippen molar-refractivity contribution in [3.8, 4) is 11.4 Å². The molecule has 1 fully saturated rings. The van der Waals surface area contributed by atoms with E-state index in [0.29, 0.717) is 29.1 Å². The van der Waals surface area contributed by atoms with Crippen LogP contribution in [0.5, 0.6) is 5.75 Å². The highest BCUT2D eigenvalue weighted by atomic mass is 19.4. The van der Waals surface area contributed by atoms with Crippen LogP contribution in [0, 0.1) is 0 Å². The molecule has 1 N–H and O–H groups in total. The maximum absolute atomic E-state index is 12.9. The van der Waals surface area contributed by atoms with Crippen molar-refractivity contribution in [1.82, 2.24) is 15.1 Å². The molecular formula is C21H20F3N3O2. The summed E-state index contributed by atoms with van der Waals surface area (Å²) in [6.45, 7) is 2.00. The largest absolute Gasteiger partial charge is 0.490 e. The lowest BCUT2D eigenvalue weighted by Crippen LogP contribution is -2.21. The molecule has 1 saturated carbocycles. The molecule has 0 bridgehead atoms. The normalized spacial score (nSPS) is 14.2. The van der Waals surface area contributed by atoms with Gasteiger partial charge in [-0.05, 0) is 49.2 Å². The van der Waals surface area contributed by atoms with E-state index in [9.17, 15) is 18.0 Å². The predicted molar refractivity (Wildman–Crippen MR) is 102 cm³/mol. The smallest absolute Gasteiger partial charge is 0.416 e. The van der Waals surface area contributed by atoms with E-state index in [2.05, 4.69) is 10.4 Å². The van der Waals surface area contributed by atoms with Gasteiger partial charge in [0.25, 0.3) is 0 Å². The number of aromatic nitrogens is 2. The Morgan fingerprint density at radius 1 is 1.21 bits per heavy atom. The number of halogens is 3. The number of ether oxygens (including phenoxy) is 1. The molecule has 0 atom stereocenters. The molecule has 0 spiro atoms. The Hall–Kier alpha value is -3.03. The Morgan fingerprint density at radius 2 is 1.93 bits per heavy atom. The maximum atomic E-state index is 12.9. The molecule has 1 aliphatic rings. The van der Waals surface area contributed by atoms with Crippen molar-refractivity contribution in [2.75, 3.05) is 0 Å². The SMILES string of the molecule is CCC(=O)NCc1nn(-c2ccc(C(F)(F)F)cc2)c2cc(OC3CC3)ccc12. The number of carbonyl (C=O) groups excluding carboxylic acids is 1. The zero-order chi connectivity index (χ0) is 20.6. The number of carbonyl (C=O) groups is 1. The van der Waals surface area contributed by atoms with E-state index in [1.54, 1.807) is 11.6 Å². The van der Waals surface area contributed by atoms with E-state index in [0.717, 1.165) is 30.4 Å². The summed E-state index contributed by atoms with van der Waals surface area (Å²) >= 11 is 0. The number of fused-ring (bicyclic) bond motifs is 1. The van der Waals surface area contributed by atoms with Gasteiger partial charge in [0.05, 0.1) is 35.1 Å². The van der Waals surface area contributed by atoms with Gasteiger partial charge in [-0.15, -0.1) is 0 Å². The van der Waals surface area contributed by atoms with Gasteiger partial charge in [-0.3, -0.25) is 4.79 Å². The van der Waals surface area contributed by atoms with Gasteiger partial charge in [0.1, 0.15) is 5.75 Å². The van der Waals surface area contributed by atoms with Crippen molar-refractivity contribution < 1.29 is 22.7 Å². The molecule has 1 aromatic heterocycles. The van der Waals surface area contributed by atoms with Crippen LogP contribution in [0.15, 0.2) is 42.5 Å². The summed E-state index contributed by atoms with van der Waals surface area (Å²) in [6.07, 6.45) is -1.78. The second-order valence-electron chi connectivity index (χ2n) is 7.03.